The molecule has 0 radical (unpaired) electrons. The first-order valence-electron chi connectivity index (χ1n) is 16.7. The third kappa shape index (κ3) is 5.93. The molecule has 0 heterocycles. The minimum atomic E-state index is -1.11. The summed E-state index contributed by atoms with van der Waals surface area (Å²) >= 11 is 0. The van der Waals surface area contributed by atoms with Crippen molar-refractivity contribution in [2.24, 2.45) is 45.3 Å². The number of hydrogen-bond donors (Lipinski definition) is 1. The standard InChI is InChI=1S/C36H58O7/c1-22(2)19-26(42-24(4)38)20-35(10,40)30-14-17-34(9)28-11-12-29-32(6,7)31(43-25(5)39)15-16-33(29,8)27(28)13-18-36(30,34)21-41-23(3)37/h13,22,26,28-31,40H,11-12,14-21H2,1-10H3/t26?,28-,29+,30-,31+,33-,34+,35-,36+/m1/s1. The van der Waals surface area contributed by atoms with Crippen LogP contribution in [-0.2, 0) is 28.6 Å². The quantitative estimate of drug-likeness (QED) is 0.169. The lowest BCUT2D eigenvalue weighted by atomic mass is 9.40. The highest BCUT2D eigenvalue weighted by Gasteiger charge is 2.69. The number of carbonyl (C=O) groups excluding carboxylic acids is 3. The van der Waals surface area contributed by atoms with Crippen LogP contribution in [0.5, 0.6) is 0 Å². The van der Waals surface area contributed by atoms with Crippen LogP contribution in [0, 0.1) is 45.3 Å². The van der Waals surface area contributed by atoms with Crippen LogP contribution in [0.4, 0.5) is 0 Å². The number of ether oxygens (including phenoxy) is 3. The Balaban J connectivity index is 1.73. The minimum absolute atomic E-state index is 0.00202. The lowest BCUT2D eigenvalue weighted by Crippen LogP contribution is -2.60. The van der Waals surface area contributed by atoms with Gasteiger partial charge in [-0.1, -0.05) is 53.2 Å². The van der Waals surface area contributed by atoms with Crippen LogP contribution in [0.25, 0.3) is 0 Å². The van der Waals surface area contributed by atoms with E-state index in [-0.39, 0.29) is 58.9 Å². The number of aliphatic hydroxyl groups is 1. The zero-order valence-electron chi connectivity index (χ0n) is 28.5. The molecule has 0 aliphatic heterocycles. The zero-order valence-corrected chi connectivity index (χ0v) is 28.5. The SMILES string of the molecule is CC(=O)OC[C@]12CC=C3[C@@H](CC[C@H]4C(C)(C)[C@@H](OC(C)=O)CC[C@]34C)[C@]1(C)CC[C@@H]2[C@](C)(O)CC(CC(C)C)OC(C)=O. The summed E-state index contributed by atoms with van der Waals surface area (Å²) in [4.78, 5) is 36.2. The van der Waals surface area contributed by atoms with Gasteiger partial charge < -0.3 is 19.3 Å². The Hall–Kier alpha value is -1.89. The number of hydrogen-bond acceptors (Lipinski definition) is 7. The third-order valence-electron chi connectivity index (χ3n) is 12.7. The molecular formula is C36H58O7. The van der Waals surface area contributed by atoms with E-state index >= 15 is 0 Å². The molecule has 7 heteroatoms. The van der Waals surface area contributed by atoms with E-state index in [1.54, 1.807) is 0 Å². The van der Waals surface area contributed by atoms with Gasteiger partial charge in [0.1, 0.15) is 12.2 Å². The first-order chi connectivity index (χ1) is 19.8. The van der Waals surface area contributed by atoms with Gasteiger partial charge in [-0.3, -0.25) is 14.4 Å². The number of rotatable bonds is 9. The average molecular weight is 603 g/mol. The summed E-state index contributed by atoms with van der Waals surface area (Å²) in [5.41, 5.74) is -0.316. The van der Waals surface area contributed by atoms with Crippen LogP contribution in [-0.4, -0.2) is 47.4 Å². The maximum atomic E-state index is 12.3. The van der Waals surface area contributed by atoms with Crippen LogP contribution >= 0.6 is 0 Å². The highest BCUT2D eigenvalue weighted by atomic mass is 16.5. The number of fused-ring (bicyclic) bond motifs is 5. The molecule has 7 nitrogen and oxygen atoms in total. The van der Waals surface area contributed by atoms with Gasteiger partial charge >= 0.3 is 17.9 Å². The van der Waals surface area contributed by atoms with E-state index in [4.69, 9.17) is 14.2 Å². The zero-order chi connectivity index (χ0) is 32.2. The van der Waals surface area contributed by atoms with E-state index in [1.165, 1.54) is 26.3 Å². The molecule has 0 spiro atoms. The Bertz CT molecular complexity index is 1120. The van der Waals surface area contributed by atoms with Gasteiger partial charge in [-0.05, 0) is 92.8 Å². The smallest absolute Gasteiger partial charge is 0.302 e. The average Bonchev–Trinajstić information content (AvgIpc) is 3.17. The molecule has 0 bridgehead atoms. The summed E-state index contributed by atoms with van der Waals surface area (Å²) in [6, 6.07) is 0. The maximum absolute atomic E-state index is 12.3. The Morgan fingerprint density at radius 2 is 1.65 bits per heavy atom. The second kappa shape index (κ2) is 11.8. The van der Waals surface area contributed by atoms with E-state index in [9.17, 15) is 19.5 Å². The third-order valence-corrected chi connectivity index (χ3v) is 12.7. The van der Waals surface area contributed by atoms with Crippen molar-refractivity contribution in [2.45, 2.75) is 145 Å². The summed E-state index contributed by atoms with van der Waals surface area (Å²) in [7, 11) is 0. The Labute approximate surface area is 259 Å². The monoisotopic (exact) mass is 602 g/mol. The number of esters is 3. The Morgan fingerprint density at radius 1 is 0.977 bits per heavy atom. The lowest BCUT2D eigenvalue weighted by molar-refractivity contribution is -0.180. The first kappa shape index (κ1) is 34.0. The summed E-state index contributed by atoms with van der Waals surface area (Å²) < 4.78 is 17.5. The van der Waals surface area contributed by atoms with Crippen LogP contribution in [0.3, 0.4) is 0 Å². The van der Waals surface area contributed by atoms with Gasteiger partial charge in [-0.25, -0.2) is 0 Å². The topological polar surface area (TPSA) is 99.1 Å². The van der Waals surface area contributed by atoms with Crippen molar-refractivity contribution < 1.29 is 33.7 Å². The predicted molar refractivity (Wildman–Crippen MR) is 166 cm³/mol. The van der Waals surface area contributed by atoms with Gasteiger partial charge in [0.2, 0.25) is 0 Å². The molecule has 1 unspecified atom stereocenters. The lowest BCUT2D eigenvalue weighted by Gasteiger charge is -2.64. The van der Waals surface area contributed by atoms with E-state index in [0.29, 0.717) is 30.6 Å². The van der Waals surface area contributed by atoms with E-state index in [2.05, 4.69) is 47.6 Å². The maximum Gasteiger partial charge on any atom is 0.302 e. The summed E-state index contributed by atoms with van der Waals surface area (Å²) in [5, 5.41) is 12.3. The van der Waals surface area contributed by atoms with Gasteiger partial charge in [-0.15, -0.1) is 0 Å². The molecule has 0 aromatic heterocycles. The molecule has 9 atom stereocenters. The molecule has 3 fully saturated rings. The Kier molecular flexibility index (Phi) is 9.33. The first-order valence-corrected chi connectivity index (χ1v) is 16.7. The predicted octanol–water partition coefficient (Wildman–Crippen LogP) is 7.19. The van der Waals surface area contributed by atoms with Gasteiger partial charge in [0, 0.05) is 38.0 Å². The minimum Gasteiger partial charge on any atom is -0.465 e. The molecule has 4 aliphatic rings. The Morgan fingerprint density at radius 3 is 2.23 bits per heavy atom. The molecule has 1 N–H and O–H groups in total. The largest absolute Gasteiger partial charge is 0.465 e. The van der Waals surface area contributed by atoms with Crippen molar-refractivity contribution >= 4 is 17.9 Å². The van der Waals surface area contributed by atoms with Crippen LogP contribution < -0.4 is 0 Å². The van der Waals surface area contributed by atoms with E-state index in [1.807, 2.05) is 6.92 Å². The molecular weight excluding hydrogens is 544 g/mol. The highest BCUT2D eigenvalue weighted by molar-refractivity contribution is 5.66. The van der Waals surface area contributed by atoms with Crippen molar-refractivity contribution in [2.75, 3.05) is 6.61 Å². The van der Waals surface area contributed by atoms with Crippen molar-refractivity contribution in [1.82, 2.24) is 0 Å². The molecule has 3 saturated carbocycles. The second-order valence-electron chi connectivity index (χ2n) is 16.3. The number of carbonyl (C=O) groups is 3. The fourth-order valence-electron chi connectivity index (χ4n) is 10.9. The van der Waals surface area contributed by atoms with Crippen LogP contribution in [0.15, 0.2) is 11.6 Å². The molecule has 4 aliphatic carbocycles. The van der Waals surface area contributed by atoms with Crippen molar-refractivity contribution in [3.8, 4) is 0 Å². The second-order valence-corrected chi connectivity index (χ2v) is 16.3. The molecule has 0 aromatic rings. The summed E-state index contributed by atoms with van der Waals surface area (Å²) in [6.45, 7) is 20.2. The summed E-state index contributed by atoms with van der Waals surface area (Å²) in [6.07, 6.45) is 9.47. The van der Waals surface area contributed by atoms with E-state index < -0.39 is 11.0 Å². The summed E-state index contributed by atoms with van der Waals surface area (Å²) in [5.74, 6) is 0.0909. The fraction of sp³-hybridized carbons (Fsp3) is 0.861. The van der Waals surface area contributed by atoms with Crippen molar-refractivity contribution in [3.05, 3.63) is 11.6 Å². The molecule has 43 heavy (non-hydrogen) atoms. The van der Waals surface area contributed by atoms with Gasteiger partial charge in [0.15, 0.2) is 0 Å². The fourth-order valence-corrected chi connectivity index (χ4v) is 10.9. The van der Waals surface area contributed by atoms with Crippen molar-refractivity contribution in [3.63, 3.8) is 0 Å². The molecule has 0 amide bonds. The van der Waals surface area contributed by atoms with Crippen LogP contribution in [0.2, 0.25) is 0 Å². The van der Waals surface area contributed by atoms with Gasteiger partial charge in [0.25, 0.3) is 0 Å². The number of allylic oxidation sites excluding steroid dienone is 2. The normalized spacial score (nSPS) is 38.5. The highest BCUT2D eigenvalue weighted by Crippen LogP contribution is 2.73. The molecule has 0 aromatic carbocycles. The van der Waals surface area contributed by atoms with Crippen LogP contribution in [0.1, 0.15) is 127 Å². The molecule has 0 saturated heterocycles. The van der Waals surface area contributed by atoms with Gasteiger partial charge in [0.05, 0.1) is 12.2 Å². The molecule has 244 valence electrons. The van der Waals surface area contributed by atoms with Gasteiger partial charge in [-0.2, -0.15) is 0 Å². The van der Waals surface area contributed by atoms with Crippen molar-refractivity contribution in [1.29, 1.82) is 0 Å². The molecule has 4 rings (SSSR count). The van der Waals surface area contributed by atoms with E-state index in [0.717, 1.165) is 44.9 Å².